The van der Waals surface area contributed by atoms with E-state index in [1.165, 1.54) is 180 Å². The molecule has 0 aromatic heterocycles. The third kappa shape index (κ3) is 56.2. The summed E-state index contributed by atoms with van der Waals surface area (Å²) in [5, 5.41) is 3.01. The fourth-order valence-electron chi connectivity index (χ4n) is 9.01. The van der Waals surface area contributed by atoms with Crippen LogP contribution in [0.3, 0.4) is 0 Å². The molecule has 0 radical (unpaired) electrons. The van der Waals surface area contributed by atoms with Crippen LogP contribution in [0.15, 0.2) is 60.8 Å². The highest BCUT2D eigenvalue weighted by Crippen LogP contribution is 2.38. The lowest BCUT2D eigenvalue weighted by molar-refractivity contribution is -0.870. The van der Waals surface area contributed by atoms with E-state index in [9.17, 15) is 19.0 Å². The predicted octanol–water partition coefficient (Wildman–Crippen LogP) is 18.8. The van der Waals surface area contributed by atoms with Gasteiger partial charge in [-0.15, -0.1) is 0 Å². The number of hydrogen-bond acceptors (Lipinski definition) is 7. The fourth-order valence-corrected chi connectivity index (χ4v) is 9.74. The first kappa shape index (κ1) is 72.7. The molecule has 10 heteroatoms. The summed E-state index contributed by atoms with van der Waals surface area (Å²) in [6.07, 6.45) is 69.0. The first-order chi connectivity index (χ1) is 36.4. The largest absolute Gasteiger partial charge is 0.756 e. The summed E-state index contributed by atoms with van der Waals surface area (Å²) < 4.78 is 30.3. The molecule has 1 amide bonds. The van der Waals surface area contributed by atoms with E-state index in [0.717, 1.165) is 70.6 Å². The summed E-state index contributed by atoms with van der Waals surface area (Å²) in [5.41, 5.74) is 0. The van der Waals surface area contributed by atoms with Crippen LogP contribution in [0.4, 0.5) is 0 Å². The first-order valence-corrected chi connectivity index (χ1v) is 33.1. The molecule has 75 heavy (non-hydrogen) atoms. The maximum atomic E-state index is 13.5. The van der Waals surface area contributed by atoms with Crippen LogP contribution < -0.4 is 10.2 Å². The van der Waals surface area contributed by atoms with Crippen LogP contribution >= 0.6 is 7.82 Å². The summed E-state index contributed by atoms with van der Waals surface area (Å²) in [4.78, 5) is 40.0. The van der Waals surface area contributed by atoms with Gasteiger partial charge in [0.05, 0.1) is 33.8 Å². The average molecular weight is 1070 g/mol. The van der Waals surface area contributed by atoms with Crippen molar-refractivity contribution >= 4 is 19.7 Å². The van der Waals surface area contributed by atoms with Crippen molar-refractivity contribution in [3.63, 3.8) is 0 Å². The van der Waals surface area contributed by atoms with Crippen molar-refractivity contribution in [3.8, 4) is 0 Å². The van der Waals surface area contributed by atoms with Crippen molar-refractivity contribution in [1.29, 1.82) is 0 Å². The highest BCUT2D eigenvalue weighted by atomic mass is 31.2. The number of ether oxygens (including phenoxy) is 1. The number of quaternary nitrogens is 1. The molecule has 0 aliphatic rings. The van der Waals surface area contributed by atoms with Crippen LogP contribution in [0.1, 0.15) is 290 Å². The van der Waals surface area contributed by atoms with Gasteiger partial charge in [0.15, 0.2) is 0 Å². The van der Waals surface area contributed by atoms with Gasteiger partial charge in [-0.2, -0.15) is 0 Å². The zero-order valence-corrected chi connectivity index (χ0v) is 50.9. The second-order valence-corrected chi connectivity index (χ2v) is 24.0. The Bertz CT molecular complexity index is 1470. The Morgan fingerprint density at radius 1 is 0.480 bits per heavy atom. The van der Waals surface area contributed by atoms with Crippen molar-refractivity contribution in [3.05, 3.63) is 60.8 Å². The van der Waals surface area contributed by atoms with Gasteiger partial charge < -0.3 is 28.5 Å². The topological polar surface area (TPSA) is 114 Å². The SMILES string of the molecule is CCCCC/C=C\C/C=C\CCCCCCCCCCCCCC(=O)OC(/C=C/CCCCCCCCCCCC)C(COP(=O)([O-])OCC[N+](C)(C)C)NC(=O)CCCCC/C=C/C=C/CCCCCCCCC. The number of amides is 1. The minimum atomic E-state index is -4.71. The molecule has 0 bridgehead atoms. The van der Waals surface area contributed by atoms with Crippen molar-refractivity contribution < 1.29 is 37.3 Å². The molecule has 1 N–H and O–H groups in total. The van der Waals surface area contributed by atoms with Crippen LogP contribution in [0.2, 0.25) is 0 Å². The van der Waals surface area contributed by atoms with Gasteiger partial charge in [0.1, 0.15) is 19.3 Å². The molecule has 9 nitrogen and oxygen atoms in total. The number of likely N-dealkylation sites (N-methyl/N-ethyl adjacent to an activating group) is 1. The zero-order chi connectivity index (χ0) is 55.0. The van der Waals surface area contributed by atoms with E-state index >= 15 is 0 Å². The average Bonchev–Trinajstić information content (AvgIpc) is 3.37. The number of phosphoric acid groups is 1. The molecular formula is C65H121N2O7P. The lowest BCUT2D eigenvalue weighted by atomic mass is 10.0. The Balaban J connectivity index is 5.25. The standard InChI is InChI=1S/C65H121N2O7P/c1-7-10-13-16-19-22-25-28-30-32-33-34-35-36-38-40-43-46-49-52-55-58-65(69)74-63(56-53-50-47-44-41-27-24-21-18-15-12-9-3)62(61-73-75(70,71)72-60-59-67(4,5)6)66-64(68)57-54-51-48-45-42-39-37-31-29-26-23-20-17-14-11-8-2/h19,22,28,30-31,37,39,42,53,56,62-63H,7-18,20-21,23-27,29,32-36,38,40-41,43-52,54-55,57-61H2,1-6H3,(H-,66,68,70,71)/b22-19-,30-28-,37-31+,42-39+,56-53+. The van der Waals surface area contributed by atoms with Crippen LogP contribution in [0.25, 0.3) is 0 Å². The van der Waals surface area contributed by atoms with Gasteiger partial charge >= 0.3 is 5.97 Å². The normalized spacial score (nSPS) is 14.1. The minimum Gasteiger partial charge on any atom is -0.756 e. The minimum absolute atomic E-state index is 0.0283. The number of carbonyl (C=O) groups is 2. The van der Waals surface area contributed by atoms with E-state index in [0.29, 0.717) is 17.4 Å². The monoisotopic (exact) mass is 1070 g/mol. The Hall–Kier alpha value is -2.29. The van der Waals surface area contributed by atoms with Crippen molar-refractivity contribution in [2.75, 3.05) is 40.9 Å². The number of nitrogens with zero attached hydrogens (tertiary/aromatic N) is 1. The number of allylic oxidation sites excluding steroid dienone is 9. The Morgan fingerprint density at radius 3 is 1.32 bits per heavy atom. The van der Waals surface area contributed by atoms with E-state index in [1.807, 2.05) is 33.3 Å². The number of esters is 1. The van der Waals surface area contributed by atoms with Gasteiger partial charge in [-0.3, -0.25) is 14.2 Å². The number of nitrogens with one attached hydrogen (secondary N) is 1. The highest BCUT2D eigenvalue weighted by Gasteiger charge is 2.27. The predicted molar refractivity (Wildman–Crippen MR) is 321 cm³/mol. The molecule has 438 valence electrons. The molecule has 0 spiro atoms. The quantitative estimate of drug-likeness (QED) is 0.0161. The third-order valence-corrected chi connectivity index (χ3v) is 14.9. The number of phosphoric ester groups is 1. The summed E-state index contributed by atoms with van der Waals surface area (Å²) in [6.45, 7) is 6.81. The molecule has 0 heterocycles. The maximum Gasteiger partial charge on any atom is 0.306 e. The second kappa shape index (κ2) is 55.0. The van der Waals surface area contributed by atoms with E-state index < -0.39 is 26.6 Å². The van der Waals surface area contributed by atoms with Crippen molar-refractivity contribution in [2.45, 2.75) is 303 Å². The summed E-state index contributed by atoms with van der Waals surface area (Å²) in [5.74, 6) is -0.568. The molecular weight excluding hydrogens is 952 g/mol. The Kier molecular flexibility index (Phi) is 53.4. The van der Waals surface area contributed by atoms with Gasteiger partial charge in [0.2, 0.25) is 5.91 Å². The molecule has 0 fully saturated rings. The zero-order valence-electron chi connectivity index (χ0n) is 50.0. The van der Waals surface area contributed by atoms with E-state index in [4.69, 9.17) is 13.8 Å². The smallest absolute Gasteiger partial charge is 0.306 e. The first-order valence-electron chi connectivity index (χ1n) is 31.6. The van der Waals surface area contributed by atoms with Crippen LogP contribution in [0.5, 0.6) is 0 Å². The van der Waals surface area contributed by atoms with Crippen LogP contribution in [-0.4, -0.2) is 69.4 Å². The molecule has 0 aromatic rings. The molecule has 0 aromatic carbocycles. The number of rotatable bonds is 57. The number of carbonyl (C=O) groups excluding carboxylic acids is 2. The van der Waals surface area contributed by atoms with Crippen molar-refractivity contribution in [1.82, 2.24) is 5.32 Å². The fraction of sp³-hybridized carbons (Fsp3) is 0.815. The molecule has 0 saturated carbocycles. The number of unbranched alkanes of at least 4 members (excludes halogenated alkanes) is 34. The van der Waals surface area contributed by atoms with E-state index in [-0.39, 0.29) is 31.3 Å². The van der Waals surface area contributed by atoms with E-state index in [1.54, 1.807) is 0 Å². The third-order valence-electron chi connectivity index (χ3n) is 13.9. The second-order valence-electron chi connectivity index (χ2n) is 22.6. The highest BCUT2D eigenvalue weighted by molar-refractivity contribution is 7.45. The maximum absolute atomic E-state index is 13.5. The Morgan fingerprint density at radius 2 is 0.853 bits per heavy atom. The molecule has 3 atom stereocenters. The van der Waals surface area contributed by atoms with E-state index in [2.05, 4.69) is 74.7 Å². The van der Waals surface area contributed by atoms with Crippen LogP contribution in [-0.2, 0) is 27.9 Å². The molecule has 0 rings (SSSR count). The lowest BCUT2D eigenvalue weighted by Gasteiger charge is -2.30. The van der Waals surface area contributed by atoms with Crippen molar-refractivity contribution in [2.24, 2.45) is 0 Å². The van der Waals surface area contributed by atoms with Gasteiger partial charge in [0.25, 0.3) is 7.82 Å². The van der Waals surface area contributed by atoms with Gasteiger partial charge in [-0.25, -0.2) is 0 Å². The molecule has 0 aliphatic heterocycles. The lowest BCUT2D eigenvalue weighted by Crippen LogP contribution is -2.47. The summed E-state index contributed by atoms with van der Waals surface area (Å²) in [7, 11) is 1.17. The molecule has 0 aliphatic carbocycles. The van der Waals surface area contributed by atoms with Gasteiger partial charge in [-0.1, -0.05) is 249 Å². The molecule has 0 saturated heterocycles. The summed E-state index contributed by atoms with van der Waals surface area (Å²) >= 11 is 0. The van der Waals surface area contributed by atoms with Gasteiger partial charge in [-0.05, 0) is 89.5 Å². The van der Waals surface area contributed by atoms with Crippen LogP contribution in [0, 0.1) is 0 Å². The van der Waals surface area contributed by atoms with Gasteiger partial charge in [0, 0.05) is 12.8 Å². The number of hydrogen-bond donors (Lipinski definition) is 1. The summed E-state index contributed by atoms with van der Waals surface area (Å²) in [6, 6.07) is -0.903. The Labute approximate surface area is 464 Å². The molecule has 3 unspecified atom stereocenters.